The molecule has 0 amide bonds. The highest BCUT2D eigenvalue weighted by atomic mass is 14.9. The van der Waals surface area contributed by atoms with E-state index in [0.717, 1.165) is 12.0 Å². The highest BCUT2D eigenvalue weighted by molar-refractivity contribution is 4.90. The molecule has 0 spiro atoms. The van der Waals surface area contributed by atoms with Gasteiger partial charge in [-0.2, -0.15) is 0 Å². The van der Waals surface area contributed by atoms with Gasteiger partial charge in [0.2, 0.25) is 0 Å². The van der Waals surface area contributed by atoms with Crippen LogP contribution in [0.5, 0.6) is 0 Å². The zero-order chi connectivity index (χ0) is 11.6. The van der Waals surface area contributed by atoms with Crippen LogP contribution in [0, 0.1) is 5.92 Å². The first kappa shape index (κ1) is 13.8. The smallest absolute Gasteiger partial charge is 0.00670 e. The summed E-state index contributed by atoms with van der Waals surface area (Å²) in [5.74, 6) is 0.894. The minimum atomic E-state index is 0.774. The minimum absolute atomic E-state index is 0.774. The van der Waals surface area contributed by atoms with Crippen molar-refractivity contribution >= 4 is 0 Å². The van der Waals surface area contributed by atoms with Crippen molar-refractivity contribution in [2.75, 3.05) is 6.54 Å². The molecule has 0 aliphatic heterocycles. The van der Waals surface area contributed by atoms with E-state index in [2.05, 4.69) is 31.3 Å². The van der Waals surface area contributed by atoms with Crippen LogP contribution >= 0.6 is 0 Å². The van der Waals surface area contributed by atoms with Gasteiger partial charge in [-0.3, -0.25) is 0 Å². The Hall–Kier alpha value is -0.300. The molecule has 0 saturated heterocycles. The first-order valence-electron chi connectivity index (χ1n) is 7.25. The van der Waals surface area contributed by atoms with Gasteiger partial charge in [-0.1, -0.05) is 45.3 Å². The van der Waals surface area contributed by atoms with Crippen molar-refractivity contribution in [3.05, 3.63) is 12.2 Å². The fraction of sp³-hybridized carbons (Fsp3) is 0.867. The van der Waals surface area contributed by atoms with Crippen LogP contribution < -0.4 is 5.32 Å². The molecule has 1 N–H and O–H groups in total. The van der Waals surface area contributed by atoms with Crippen LogP contribution in [0.3, 0.4) is 0 Å². The fourth-order valence-corrected chi connectivity index (χ4v) is 2.52. The van der Waals surface area contributed by atoms with Crippen molar-refractivity contribution in [2.24, 2.45) is 5.92 Å². The molecule has 0 bridgehead atoms. The minimum Gasteiger partial charge on any atom is -0.314 e. The van der Waals surface area contributed by atoms with Crippen molar-refractivity contribution in [3.8, 4) is 0 Å². The van der Waals surface area contributed by atoms with Crippen LogP contribution in [0.2, 0.25) is 0 Å². The molecular formula is C15H29N. The van der Waals surface area contributed by atoms with Gasteiger partial charge in [-0.15, -0.1) is 0 Å². The van der Waals surface area contributed by atoms with E-state index >= 15 is 0 Å². The summed E-state index contributed by atoms with van der Waals surface area (Å²) < 4.78 is 0. The topological polar surface area (TPSA) is 12.0 Å². The SMILES string of the molecule is CCCCC(CCC)NCC1CC=CCC1. The second-order valence-electron chi connectivity index (χ2n) is 5.19. The van der Waals surface area contributed by atoms with Crippen LogP contribution in [-0.2, 0) is 0 Å². The van der Waals surface area contributed by atoms with E-state index in [1.807, 2.05) is 0 Å². The van der Waals surface area contributed by atoms with Gasteiger partial charge in [0.25, 0.3) is 0 Å². The summed E-state index contributed by atoms with van der Waals surface area (Å²) in [7, 11) is 0. The monoisotopic (exact) mass is 223 g/mol. The molecule has 1 rings (SSSR count). The van der Waals surface area contributed by atoms with Crippen LogP contribution in [0.4, 0.5) is 0 Å². The van der Waals surface area contributed by atoms with Crippen LogP contribution in [-0.4, -0.2) is 12.6 Å². The molecule has 0 heterocycles. The lowest BCUT2D eigenvalue weighted by atomic mass is 9.93. The Labute approximate surface area is 102 Å². The second-order valence-corrected chi connectivity index (χ2v) is 5.19. The van der Waals surface area contributed by atoms with E-state index in [1.54, 1.807) is 0 Å². The molecule has 16 heavy (non-hydrogen) atoms. The number of hydrogen-bond donors (Lipinski definition) is 1. The molecule has 0 saturated carbocycles. The molecule has 0 fully saturated rings. The summed E-state index contributed by atoms with van der Waals surface area (Å²) in [6.07, 6.45) is 15.4. The first-order valence-corrected chi connectivity index (χ1v) is 7.25. The average Bonchev–Trinajstić information content (AvgIpc) is 2.34. The standard InChI is InChI=1S/C15H29N/c1-3-5-12-15(9-4-2)16-13-14-10-7-6-8-11-14/h6-7,14-16H,3-5,8-13H2,1-2H3. The predicted octanol–water partition coefficient (Wildman–Crippen LogP) is 4.29. The lowest BCUT2D eigenvalue weighted by molar-refractivity contribution is 0.371. The summed E-state index contributed by atoms with van der Waals surface area (Å²) in [6, 6.07) is 0.774. The highest BCUT2D eigenvalue weighted by Crippen LogP contribution is 2.18. The van der Waals surface area contributed by atoms with Gasteiger partial charge < -0.3 is 5.32 Å². The zero-order valence-corrected chi connectivity index (χ0v) is 11.2. The molecule has 1 aliphatic carbocycles. The van der Waals surface area contributed by atoms with Gasteiger partial charge in [0.1, 0.15) is 0 Å². The molecule has 0 aromatic rings. The van der Waals surface area contributed by atoms with Gasteiger partial charge in [0.15, 0.2) is 0 Å². The van der Waals surface area contributed by atoms with Crippen molar-refractivity contribution in [2.45, 2.75) is 71.3 Å². The maximum Gasteiger partial charge on any atom is 0.00670 e. The molecule has 2 unspecified atom stereocenters. The lowest BCUT2D eigenvalue weighted by Gasteiger charge is -2.23. The zero-order valence-electron chi connectivity index (χ0n) is 11.2. The summed E-state index contributed by atoms with van der Waals surface area (Å²) in [5.41, 5.74) is 0. The van der Waals surface area contributed by atoms with E-state index in [0.29, 0.717) is 0 Å². The molecule has 1 heteroatoms. The van der Waals surface area contributed by atoms with Crippen LogP contribution in [0.15, 0.2) is 12.2 Å². The van der Waals surface area contributed by atoms with E-state index in [4.69, 9.17) is 0 Å². The van der Waals surface area contributed by atoms with Gasteiger partial charge in [0, 0.05) is 6.04 Å². The molecule has 1 nitrogen and oxygen atoms in total. The van der Waals surface area contributed by atoms with Gasteiger partial charge in [-0.05, 0) is 44.6 Å². The van der Waals surface area contributed by atoms with E-state index in [-0.39, 0.29) is 0 Å². The molecule has 2 atom stereocenters. The quantitative estimate of drug-likeness (QED) is 0.605. The highest BCUT2D eigenvalue weighted by Gasteiger charge is 2.12. The summed E-state index contributed by atoms with van der Waals surface area (Å²) in [6.45, 7) is 5.82. The fourth-order valence-electron chi connectivity index (χ4n) is 2.52. The van der Waals surface area contributed by atoms with E-state index in [1.165, 1.54) is 57.9 Å². The number of unbranched alkanes of at least 4 members (excludes halogenated alkanes) is 1. The Morgan fingerprint density at radius 1 is 1.19 bits per heavy atom. The predicted molar refractivity (Wildman–Crippen MR) is 72.7 cm³/mol. The Balaban J connectivity index is 2.17. The lowest BCUT2D eigenvalue weighted by Crippen LogP contribution is -2.33. The first-order chi connectivity index (χ1) is 7.86. The van der Waals surface area contributed by atoms with Crippen molar-refractivity contribution < 1.29 is 0 Å². The third kappa shape index (κ3) is 5.69. The van der Waals surface area contributed by atoms with E-state index in [9.17, 15) is 0 Å². The average molecular weight is 223 g/mol. The molecule has 0 aromatic heterocycles. The molecule has 94 valence electrons. The summed E-state index contributed by atoms with van der Waals surface area (Å²) in [5, 5.41) is 3.79. The van der Waals surface area contributed by atoms with Crippen molar-refractivity contribution in [1.82, 2.24) is 5.32 Å². The molecular weight excluding hydrogens is 194 g/mol. The number of allylic oxidation sites excluding steroid dienone is 2. The maximum absolute atomic E-state index is 3.79. The maximum atomic E-state index is 3.79. The number of rotatable bonds is 8. The number of nitrogens with one attached hydrogen (secondary N) is 1. The molecule has 0 aromatic carbocycles. The second kappa shape index (κ2) is 8.81. The number of hydrogen-bond acceptors (Lipinski definition) is 1. The Morgan fingerprint density at radius 2 is 2.06 bits per heavy atom. The van der Waals surface area contributed by atoms with Gasteiger partial charge >= 0.3 is 0 Å². The third-order valence-electron chi connectivity index (χ3n) is 3.62. The Kier molecular flexibility index (Phi) is 7.58. The Morgan fingerprint density at radius 3 is 2.69 bits per heavy atom. The van der Waals surface area contributed by atoms with Gasteiger partial charge in [0.05, 0.1) is 0 Å². The van der Waals surface area contributed by atoms with Crippen LogP contribution in [0.25, 0.3) is 0 Å². The summed E-state index contributed by atoms with van der Waals surface area (Å²) >= 11 is 0. The van der Waals surface area contributed by atoms with E-state index < -0.39 is 0 Å². The largest absolute Gasteiger partial charge is 0.314 e. The molecule has 1 aliphatic rings. The third-order valence-corrected chi connectivity index (χ3v) is 3.62. The molecule has 0 radical (unpaired) electrons. The van der Waals surface area contributed by atoms with Crippen molar-refractivity contribution in [3.63, 3.8) is 0 Å². The summed E-state index contributed by atoms with van der Waals surface area (Å²) in [4.78, 5) is 0. The normalized spacial score (nSPS) is 22.2. The van der Waals surface area contributed by atoms with Crippen LogP contribution in [0.1, 0.15) is 65.2 Å². The van der Waals surface area contributed by atoms with Crippen molar-refractivity contribution in [1.29, 1.82) is 0 Å². The van der Waals surface area contributed by atoms with Gasteiger partial charge in [-0.25, -0.2) is 0 Å². The Bertz CT molecular complexity index is 186.